The van der Waals surface area contributed by atoms with Crippen LogP contribution in [0.5, 0.6) is 5.75 Å². The van der Waals surface area contributed by atoms with Gasteiger partial charge in [-0.1, -0.05) is 6.07 Å². The summed E-state index contributed by atoms with van der Waals surface area (Å²) in [6.45, 7) is 4.01. The van der Waals surface area contributed by atoms with Crippen LogP contribution in [0.1, 0.15) is 35.6 Å². The van der Waals surface area contributed by atoms with Gasteiger partial charge in [-0.05, 0) is 56.4 Å². The summed E-state index contributed by atoms with van der Waals surface area (Å²) in [5.74, 6) is 1.89. The third-order valence-corrected chi connectivity index (χ3v) is 6.19. The van der Waals surface area contributed by atoms with Crippen molar-refractivity contribution in [2.75, 3.05) is 14.1 Å². The van der Waals surface area contributed by atoms with Gasteiger partial charge in [-0.25, -0.2) is 22.7 Å². The standard InChI is InChI=1S/C19H25N3O3S/c1-13-5-8-17(18(9-13)26(23,24)22(3)4)25-12-16-10-14(2)20-19(21-16)11-15-6-7-15/h5,8-10,15H,6-7,11-12H2,1-4H3. The van der Waals surface area contributed by atoms with Gasteiger partial charge in [-0.15, -0.1) is 0 Å². The molecule has 1 aromatic carbocycles. The summed E-state index contributed by atoms with van der Waals surface area (Å²) in [5.41, 5.74) is 2.53. The van der Waals surface area contributed by atoms with Crippen molar-refractivity contribution >= 4 is 10.0 Å². The molecule has 3 rings (SSSR count). The number of hydrogen-bond donors (Lipinski definition) is 0. The summed E-state index contributed by atoms with van der Waals surface area (Å²) in [5, 5.41) is 0. The van der Waals surface area contributed by atoms with Crippen LogP contribution >= 0.6 is 0 Å². The summed E-state index contributed by atoms with van der Waals surface area (Å²) in [4.78, 5) is 9.24. The lowest BCUT2D eigenvalue weighted by atomic mass is 10.2. The van der Waals surface area contributed by atoms with E-state index in [1.807, 2.05) is 26.0 Å². The van der Waals surface area contributed by atoms with Crippen molar-refractivity contribution in [2.45, 2.75) is 44.6 Å². The fraction of sp³-hybridized carbons (Fsp3) is 0.474. The topological polar surface area (TPSA) is 72.4 Å². The van der Waals surface area contributed by atoms with Crippen LogP contribution < -0.4 is 4.74 Å². The quantitative estimate of drug-likeness (QED) is 0.744. The van der Waals surface area contributed by atoms with Crippen molar-refractivity contribution in [3.8, 4) is 5.75 Å². The van der Waals surface area contributed by atoms with Crippen LogP contribution in [-0.4, -0.2) is 36.8 Å². The minimum atomic E-state index is -3.58. The van der Waals surface area contributed by atoms with E-state index in [1.54, 1.807) is 12.1 Å². The third-order valence-electron chi connectivity index (χ3n) is 4.36. The minimum Gasteiger partial charge on any atom is -0.486 e. The second-order valence-electron chi connectivity index (χ2n) is 7.09. The molecule has 0 spiro atoms. The molecule has 1 saturated carbocycles. The highest BCUT2D eigenvalue weighted by atomic mass is 32.2. The predicted octanol–water partition coefficient (Wildman–Crippen LogP) is 2.88. The van der Waals surface area contributed by atoms with Crippen LogP contribution in [0.2, 0.25) is 0 Å². The highest BCUT2D eigenvalue weighted by Gasteiger charge is 2.24. The van der Waals surface area contributed by atoms with Gasteiger partial charge in [0.15, 0.2) is 0 Å². The molecule has 0 aliphatic heterocycles. The van der Waals surface area contributed by atoms with E-state index in [2.05, 4.69) is 9.97 Å². The Morgan fingerprint density at radius 2 is 1.88 bits per heavy atom. The van der Waals surface area contributed by atoms with Crippen molar-refractivity contribution in [2.24, 2.45) is 5.92 Å². The first-order chi connectivity index (χ1) is 12.3. The van der Waals surface area contributed by atoms with Crippen LogP contribution in [-0.2, 0) is 23.1 Å². The van der Waals surface area contributed by atoms with Crippen LogP contribution in [0.4, 0.5) is 0 Å². The predicted molar refractivity (Wildman–Crippen MR) is 99.6 cm³/mol. The van der Waals surface area contributed by atoms with Crippen molar-refractivity contribution in [3.05, 3.63) is 47.0 Å². The van der Waals surface area contributed by atoms with Crippen LogP contribution in [0.25, 0.3) is 0 Å². The molecule has 1 heterocycles. The van der Waals surface area contributed by atoms with E-state index >= 15 is 0 Å². The highest BCUT2D eigenvalue weighted by molar-refractivity contribution is 7.89. The van der Waals surface area contributed by atoms with Crippen molar-refractivity contribution < 1.29 is 13.2 Å². The number of nitrogens with zero attached hydrogens (tertiary/aromatic N) is 3. The van der Waals surface area contributed by atoms with Gasteiger partial charge in [0.1, 0.15) is 23.1 Å². The van der Waals surface area contributed by atoms with Gasteiger partial charge in [0, 0.05) is 26.2 Å². The van der Waals surface area contributed by atoms with E-state index < -0.39 is 10.0 Å². The first kappa shape index (κ1) is 18.8. The molecule has 0 saturated heterocycles. The Kier molecular flexibility index (Phi) is 5.29. The average Bonchev–Trinajstić information content (AvgIpc) is 3.37. The van der Waals surface area contributed by atoms with Crippen molar-refractivity contribution in [1.29, 1.82) is 0 Å². The fourth-order valence-electron chi connectivity index (χ4n) is 2.73. The van der Waals surface area contributed by atoms with Crippen molar-refractivity contribution in [3.63, 3.8) is 0 Å². The zero-order valence-corrected chi connectivity index (χ0v) is 16.5. The number of ether oxygens (including phenoxy) is 1. The van der Waals surface area contributed by atoms with Gasteiger partial charge < -0.3 is 4.74 Å². The molecule has 2 aromatic rings. The molecule has 0 radical (unpaired) electrons. The zero-order chi connectivity index (χ0) is 18.9. The molecule has 7 heteroatoms. The Labute approximate surface area is 155 Å². The van der Waals surface area contributed by atoms with E-state index in [1.165, 1.54) is 31.2 Å². The Morgan fingerprint density at radius 3 is 2.54 bits per heavy atom. The largest absolute Gasteiger partial charge is 0.486 e. The highest BCUT2D eigenvalue weighted by Crippen LogP contribution is 2.32. The number of rotatable bonds is 7. The lowest BCUT2D eigenvalue weighted by molar-refractivity contribution is 0.291. The van der Waals surface area contributed by atoms with Gasteiger partial charge in [0.25, 0.3) is 0 Å². The smallest absolute Gasteiger partial charge is 0.246 e. The molecule has 26 heavy (non-hydrogen) atoms. The molecule has 140 valence electrons. The van der Waals surface area contributed by atoms with E-state index in [4.69, 9.17) is 4.74 Å². The Bertz CT molecular complexity index is 906. The summed E-state index contributed by atoms with van der Waals surface area (Å²) in [6, 6.07) is 7.05. The monoisotopic (exact) mass is 375 g/mol. The molecule has 0 amide bonds. The summed E-state index contributed by atoms with van der Waals surface area (Å²) >= 11 is 0. The van der Waals surface area contributed by atoms with Gasteiger partial charge in [-0.3, -0.25) is 0 Å². The Hall–Kier alpha value is -1.99. The molecule has 0 N–H and O–H groups in total. The third kappa shape index (κ3) is 4.40. The Balaban J connectivity index is 1.83. The lowest BCUT2D eigenvalue weighted by Crippen LogP contribution is -2.23. The van der Waals surface area contributed by atoms with E-state index in [0.717, 1.165) is 29.2 Å². The van der Waals surface area contributed by atoms with Gasteiger partial charge in [0.05, 0.1) is 5.69 Å². The van der Waals surface area contributed by atoms with E-state index in [-0.39, 0.29) is 11.5 Å². The number of aryl methyl sites for hydroxylation is 2. The maximum Gasteiger partial charge on any atom is 0.246 e. The molecule has 0 unspecified atom stereocenters. The van der Waals surface area contributed by atoms with Crippen LogP contribution in [0.15, 0.2) is 29.2 Å². The average molecular weight is 375 g/mol. The van der Waals surface area contributed by atoms with E-state index in [9.17, 15) is 8.42 Å². The molecule has 1 aliphatic rings. The molecular weight excluding hydrogens is 350 g/mol. The second kappa shape index (κ2) is 7.32. The van der Waals surface area contributed by atoms with Crippen LogP contribution in [0, 0.1) is 19.8 Å². The first-order valence-electron chi connectivity index (χ1n) is 8.75. The van der Waals surface area contributed by atoms with Gasteiger partial charge in [-0.2, -0.15) is 0 Å². The SMILES string of the molecule is Cc1ccc(OCc2cc(C)nc(CC3CC3)n2)c(S(=O)(=O)N(C)C)c1. The minimum absolute atomic E-state index is 0.173. The Morgan fingerprint density at radius 1 is 1.15 bits per heavy atom. The van der Waals surface area contributed by atoms with Crippen LogP contribution in [0.3, 0.4) is 0 Å². The molecule has 1 fully saturated rings. The normalized spacial score (nSPS) is 14.7. The molecule has 1 aromatic heterocycles. The summed E-state index contributed by atoms with van der Waals surface area (Å²) < 4.78 is 32.2. The maximum absolute atomic E-state index is 12.6. The molecule has 6 nitrogen and oxygen atoms in total. The van der Waals surface area contributed by atoms with E-state index in [0.29, 0.717) is 11.7 Å². The number of aromatic nitrogens is 2. The number of sulfonamides is 1. The first-order valence-corrected chi connectivity index (χ1v) is 10.2. The zero-order valence-electron chi connectivity index (χ0n) is 15.7. The van der Waals surface area contributed by atoms with Crippen molar-refractivity contribution in [1.82, 2.24) is 14.3 Å². The molecular formula is C19H25N3O3S. The maximum atomic E-state index is 12.6. The molecule has 0 atom stereocenters. The lowest BCUT2D eigenvalue weighted by Gasteiger charge is -2.16. The number of hydrogen-bond acceptors (Lipinski definition) is 5. The van der Waals surface area contributed by atoms with Gasteiger partial charge >= 0.3 is 0 Å². The summed E-state index contributed by atoms with van der Waals surface area (Å²) in [7, 11) is -0.556. The van der Waals surface area contributed by atoms with Gasteiger partial charge in [0.2, 0.25) is 10.0 Å². The fourth-order valence-corrected chi connectivity index (χ4v) is 3.84. The number of benzene rings is 1. The molecule has 1 aliphatic carbocycles. The summed E-state index contributed by atoms with van der Waals surface area (Å²) in [6.07, 6.45) is 3.40. The second-order valence-corrected chi connectivity index (χ2v) is 9.21. The molecule has 0 bridgehead atoms.